The number of hydrogen-bond donors (Lipinski definition) is 1. The molecule has 0 aliphatic heterocycles. The molecule has 60 valence electrons. The first kappa shape index (κ1) is 9.66. The van der Waals surface area contributed by atoms with E-state index in [-0.39, 0.29) is 6.10 Å². The van der Waals surface area contributed by atoms with Crippen molar-refractivity contribution in [3.05, 3.63) is 12.2 Å². The molecule has 1 atom stereocenters. The van der Waals surface area contributed by atoms with Crippen LogP contribution < -0.4 is 5.73 Å². The Kier molecular flexibility index (Phi) is 6.55. The standard InChI is InChI=1S/C8H17NO/c1-3-5-6-10-8(4-2)7-9/h3,5,8H,4,6-7,9H2,1-2H3. The van der Waals surface area contributed by atoms with Crippen LogP contribution in [0.3, 0.4) is 0 Å². The molecule has 0 aromatic heterocycles. The smallest absolute Gasteiger partial charge is 0.0698 e. The Labute approximate surface area is 63.1 Å². The Morgan fingerprint density at radius 1 is 1.60 bits per heavy atom. The molecule has 2 N–H and O–H groups in total. The average Bonchev–Trinajstić information content (AvgIpc) is 1.99. The molecule has 0 saturated carbocycles. The molecule has 0 amide bonds. The maximum Gasteiger partial charge on any atom is 0.0698 e. The highest BCUT2D eigenvalue weighted by Crippen LogP contribution is 1.94. The van der Waals surface area contributed by atoms with Crippen molar-refractivity contribution in [2.45, 2.75) is 26.4 Å². The third-order valence-corrected chi connectivity index (χ3v) is 1.38. The molecule has 0 saturated heterocycles. The number of ether oxygens (including phenoxy) is 1. The summed E-state index contributed by atoms with van der Waals surface area (Å²) in [7, 11) is 0. The van der Waals surface area contributed by atoms with Gasteiger partial charge in [0, 0.05) is 6.54 Å². The second kappa shape index (κ2) is 6.78. The molecule has 2 heteroatoms. The fourth-order valence-corrected chi connectivity index (χ4v) is 0.640. The van der Waals surface area contributed by atoms with Gasteiger partial charge in [-0.3, -0.25) is 0 Å². The Bertz CT molecular complexity index is 87.3. The summed E-state index contributed by atoms with van der Waals surface area (Å²) in [5, 5.41) is 0. The van der Waals surface area contributed by atoms with Crippen LogP contribution >= 0.6 is 0 Å². The SMILES string of the molecule is CC=CCOC(CC)CN. The summed E-state index contributed by atoms with van der Waals surface area (Å²) in [6.07, 6.45) is 5.19. The van der Waals surface area contributed by atoms with Gasteiger partial charge in [0.05, 0.1) is 12.7 Å². The van der Waals surface area contributed by atoms with E-state index in [0.29, 0.717) is 13.2 Å². The van der Waals surface area contributed by atoms with Gasteiger partial charge in [-0.2, -0.15) is 0 Å². The molecule has 0 radical (unpaired) electrons. The maximum atomic E-state index is 5.42. The average molecular weight is 143 g/mol. The van der Waals surface area contributed by atoms with E-state index < -0.39 is 0 Å². The van der Waals surface area contributed by atoms with E-state index in [1.165, 1.54) is 0 Å². The van der Waals surface area contributed by atoms with E-state index in [1.807, 2.05) is 19.1 Å². The monoisotopic (exact) mass is 143 g/mol. The summed E-state index contributed by atoms with van der Waals surface area (Å²) in [4.78, 5) is 0. The summed E-state index contributed by atoms with van der Waals surface area (Å²) in [5.74, 6) is 0. The molecule has 0 aromatic carbocycles. The van der Waals surface area contributed by atoms with Crippen molar-refractivity contribution in [3.8, 4) is 0 Å². The highest BCUT2D eigenvalue weighted by atomic mass is 16.5. The van der Waals surface area contributed by atoms with Crippen molar-refractivity contribution in [3.63, 3.8) is 0 Å². The third-order valence-electron chi connectivity index (χ3n) is 1.38. The molecule has 2 nitrogen and oxygen atoms in total. The van der Waals surface area contributed by atoms with Crippen LogP contribution in [0.15, 0.2) is 12.2 Å². The van der Waals surface area contributed by atoms with Crippen LogP contribution in [0.1, 0.15) is 20.3 Å². The minimum Gasteiger partial charge on any atom is -0.373 e. The fourth-order valence-electron chi connectivity index (χ4n) is 0.640. The Morgan fingerprint density at radius 2 is 2.30 bits per heavy atom. The zero-order valence-electron chi connectivity index (χ0n) is 6.84. The Hall–Kier alpha value is -0.340. The normalized spacial score (nSPS) is 14.3. The Balaban J connectivity index is 3.25. The van der Waals surface area contributed by atoms with Gasteiger partial charge in [0.15, 0.2) is 0 Å². The fraction of sp³-hybridized carbons (Fsp3) is 0.750. The summed E-state index contributed by atoms with van der Waals surface area (Å²) in [6.45, 7) is 5.36. The molecule has 0 fully saturated rings. The topological polar surface area (TPSA) is 35.2 Å². The van der Waals surface area contributed by atoms with Gasteiger partial charge in [0.25, 0.3) is 0 Å². The van der Waals surface area contributed by atoms with Crippen LogP contribution in [-0.4, -0.2) is 19.3 Å². The highest BCUT2D eigenvalue weighted by Gasteiger charge is 1.99. The molecule has 10 heavy (non-hydrogen) atoms. The lowest BCUT2D eigenvalue weighted by Gasteiger charge is -2.10. The van der Waals surface area contributed by atoms with Crippen molar-refractivity contribution in [2.75, 3.05) is 13.2 Å². The Morgan fingerprint density at radius 3 is 2.70 bits per heavy atom. The second-order valence-electron chi connectivity index (χ2n) is 2.17. The van der Waals surface area contributed by atoms with Gasteiger partial charge >= 0.3 is 0 Å². The van der Waals surface area contributed by atoms with Crippen molar-refractivity contribution >= 4 is 0 Å². The molecule has 0 heterocycles. The molecule has 0 aromatic rings. The quantitative estimate of drug-likeness (QED) is 0.589. The van der Waals surface area contributed by atoms with E-state index in [1.54, 1.807) is 0 Å². The first-order chi connectivity index (χ1) is 4.85. The van der Waals surface area contributed by atoms with E-state index in [0.717, 1.165) is 6.42 Å². The van der Waals surface area contributed by atoms with Gasteiger partial charge in [-0.15, -0.1) is 0 Å². The molecule has 0 spiro atoms. The maximum absolute atomic E-state index is 5.42. The van der Waals surface area contributed by atoms with E-state index in [2.05, 4.69) is 6.92 Å². The molecule has 0 aliphatic carbocycles. The zero-order valence-corrected chi connectivity index (χ0v) is 6.84. The summed E-state index contributed by atoms with van der Waals surface area (Å²) in [6, 6.07) is 0. The predicted octanol–water partition coefficient (Wildman–Crippen LogP) is 1.32. The van der Waals surface area contributed by atoms with Crippen molar-refractivity contribution < 1.29 is 4.74 Å². The van der Waals surface area contributed by atoms with E-state index in [9.17, 15) is 0 Å². The molecule has 0 rings (SSSR count). The molecule has 0 aliphatic rings. The van der Waals surface area contributed by atoms with Gasteiger partial charge in [0.1, 0.15) is 0 Å². The van der Waals surface area contributed by atoms with Gasteiger partial charge in [0.2, 0.25) is 0 Å². The largest absolute Gasteiger partial charge is 0.373 e. The lowest BCUT2D eigenvalue weighted by molar-refractivity contribution is 0.0779. The molecular weight excluding hydrogens is 126 g/mol. The lowest BCUT2D eigenvalue weighted by Crippen LogP contribution is -2.22. The predicted molar refractivity (Wildman–Crippen MR) is 43.9 cm³/mol. The van der Waals surface area contributed by atoms with Gasteiger partial charge < -0.3 is 10.5 Å². The summed E-state index contributed by atoms with van der Waals surface area (Å²) in [5.41, 5.74) is 5.42. The van der Waals surface area contributed by atoms with E-state index >= 15 is 0 Å². The number of hydrogen-bond acceptors (Lipinski definition) is 2. The van der Waals surface area contributed by atoms with Gasteiger partial charge in [-0.1, -0.05) is 19.1 Å². The second-order valence-corrected chi connectivity index (χ2v) is 2.17. The molecular formula is C8H17NO. The van der Waals surface area contributed by atoms with Crippen LogP contribution in [0, 0.1) is 0 Å². The number of allylic oxidation sites excluding steroid dienone is 1. The van der Waals surface area contributed by atoms with Crippen LogP contribution in [0.4, 0.5) is 0 Å². The number of nitrogens with two attached hydrogens (primary N) is 1. The first-order valence-electron chi connectivity index (χ1n) is 3.78. The summed E-state index contributed by atoms with van der Waals surface area (Å²) < 4.78 is 5.37. The minimum atomic E-state index is 0.233. The van der Waals surface area contributed by atoms with Crippen LogP contribution in [-0.2, 0) is 4.74 Å². The van der Waals surface area contributed by atoms with Crippen LogP contribution in [0.2, 0.25) is 0 Å². The van der Waals surface area contributed by atoms with E-state index in [4.69, 9.17) is 10.5 Å². The van der Waals surface area contributed by atoms with Gasteiger partial charge in [-0.25, -0.2) is 0 Å². The van der Waals surface area contributed by atoms with Crippen LogP contribution in [0.25, 0.3) is 0 Å². The minimum absolute atomic E-state index is 0.233. The first-order valence-corrected chi connectivity index (χ1v) is 3.78. The molecule has 1 unspecified atom stereocenters. The zero-order chi connectivity index (χ0) is 7.82. The molecule has 0 bridgehead atoms. The highest BCUT2D eigenvalue weighted by molar-refractivity contribution is 4.76. The van der Waals surface area contributed by atoms with Gasteiger partial charge in [-0.05, 0) is 13.3 Å². The van der Waals surface area contributed by atoms with Crippen LogP contribution in [0.5, 0.6) is 0 Å². The number of rotatable bonds is 5. The summed E-state index contributed by atoms with van der Waals surface area (Å²) >= 11 is 0. The van der Waals surface area contributed by atoms with Crippen molar-refractivity contribution in [2.24, 2.45) is 5.73 Å². The lowest BCUT2D eigenvalue weighted by atomic mass is 10.3. The van der Waals surface area contributed by atoms with Crippen molar-refractivity contribution in [1.29, 1.82) is 0 Å². The van der Waals surface area contributed by atoms with Crippen molar-refractivity contribution in [1.82, 2.24) is 0 Å². The third kappa shape index (κ3) is 4.53.